The van der Waals surface area contributed by atoms with Crippen LogP contribution in [0.4, 0.5) is 13.2 Å². The Hall–Kier alpha value is -5.17. The number of carboxylic acid groups (broad SMARTS) is 1. The number of nitrogens with zero attached hydrogens (tertiary/aromatic N) is 6. The van der Waals surface area contributed by atoms with Gasteiger partial charge in [-0.15, -0.1) is 0 Å². The molecule has 0 aliphatic carbocycles. The maximum atomic E-state index is 15.5. The van der Waals surface area contributed by atoms with Crippen molar-refractivity contribution in [3.63, 3.8) is 0 Å². The fraction of sp³-hybridized carbons (Fsp3) is 0.333. The van der Waals surface area contributed by atoms with E-state index in [1.807, 2.05) is 16.1 Å². The van der Waals surface area contributed by atoms with Gasteiger partial charge in [-0.3, -0.25) is 4.90 Å². The maximum absolute atomic E-state index is 15.5. The summed E-state index contributed by atoms with van der Waals surface area (Å²) in [5.74, 6) is -1.78. The number of carboxylic acids is 1. The number of rotatable bonds is 12. The van der Waals surface area contributed by atoms with E-state index in [-0.39, 0.29) is 35.6 Å². The van der Waals surface area contributed by atoms with E-state index < -0.39 is 23.4 Å². The minimum atomic E-state index is -1.11. The highest BCUT2D eigenvalue weighted by atomic mass is 19.1. The zero-order valence-electron chi connectivity index (χ0n) is 27.5. The summed E-state index contributed by atoms with van der Waals surface area (Å²) < 4.78 is 59.8. The molecular weight excluding hydrogens is 637 g/mol. The summed E-state index contributed by atoms with van der Waals surface area (Å²) in [5.41, 5.74) is 3.38. The summed E-state index contributed by atoms with van der Waals surface area (Å²) in [6.07, 6.45) is 5.75. The average Bonchev–Trinajstić information content (AvgIpc) is 3.67. The molecule has 13 heteroatoms. The Kier molecular flexibility index (Phi) is 10.00. The Morgan fingerprint density at radius 2 is 1.82 bits per heavy atom. The zero-order valence-corrected chi connectivity index (χ0v) is 27.5. The number of aliphatic carboxylic acids is 1. The number of halogens is 3. The number of aromatic nitrogens is 5. The van der Waals surface area contributed by atoms with E-state index in [4.69, 9.17) is 14.5 Å². The molecule has 1 saturated heterocycles. The van der Waals surface area contributed by atoms with Crippen LogP contribution in [0.1, 0.15) is 55.0 Å². The van der Waals surface area contributed by atoms with Gasteiger partial charge in [-0.05, 0) is 80.6 Å². The third-order valence-electron chi connectivity index (χ3n) is 8.67. The molecule has 1 fully saturated rings. The van der Waals surface area contributed by atoms with Crippen molar-refractivity contribution in [3.8, 4) is 11.6 Å². The van der Waals surface area contributed by atoms with Crippen LogP contribution in [0, 0.1) is 24.4 Å². The van der Waals surface area contributed by atoms with Gasteiger partial charge in [0.1, 0.15) is 35.6 Å². The largest absolute Gasteiger partial charge is 0.484 e. The van der Waals surface area contributed by atoms with E-state index in [2.05, 4.69) is 14.9 Å². The molecular formula is C36H37F3N6O4. The van der Waals surface area contributed by atoms with Gasteiger partial charge in [0.05, 0.1) is 30.6 Å². The van der Waals surface area contributed by atoms with Gasteiger partial charge < -0.3 is 23.7 Å². The van der Waals surface area contributed by atoms with Gasteiger partial charge in [-0.2, -0.15) is 0 Å². The summed E-state index contributed by atoms with van der Waals surface area (Å²) in [5, 5.41) is 9.25. The van der Waals surface area contributed by atoms with E-state index in [9.17, 15) is 18.7 Å². The minimum Gasteiger partial charge on any atom is -0.484 e. The average molecular weight is 675 g/mol. The lowest BCUT2D eigenvalue weighted by Crippen LogP contribution is -2.38. The van der Waals surface area contributed by atoms with Crippen molar-refractivity contribution in [2.24, 2.45) is 0 Å². The molecule has 6 rings (SSSR count). The van der Waals surface area contributed by atoms with E-state index in [1.165, 1.54) is 30.3 Å². The molecule has 49 heavy (non-hydrogen) atoms. The fourth-order valence-electron chi connectivity index (χ4n) is 6.01. The molecule has 5 aromatic rings. The van der Waals surface area contributed by atoms with E-state index in [1.54, 1.807) is 38.5 Å². The van der Waals surface area contributed by atoms with Crippen LogP contribution < -0.4 is 9.47 Å². The third kappa shape index (κ3) is 7.78. The van der Waals surface area contributed by atoms with Gasteiger partial charge in [0.2, 0.25) is 5.88 Å². The second-order valence-corrected chi connectivity index (χ2v) is 12.2. The molecule has 3 aromatic heterocycles. The van der Waals surface area contributed by atoms with Crippen molar-refractivity contribution in [2.45, 2.75) is 66.0 Å². The van der Waals surface area contributed by atoms with E-state index in [0.29, 0.717) is 68.0 Å². The quantitative estimate of drug-likeness (QED) is 0.149. The van der Waals surface area contributed by atoms with Crippen LogP contribution in [0.15, 0.2) is 61.1 Å². The van der Waals surface area contributed by atoms with Crippen molar-refractivity contribution < 1.29 is 32.5 Å². The molecule has 0 amide bonds. The summed E-state index contributed by atoms with van der Waals surface area (Å²) in [4.78, 5) is 26.8. The second kappa shape index (κ2) is 14.5. The first-order chi connectivity index (χ1) is 23.6. The van der Waals surface area contributed by atoms with Crippen molar-refractivity contribution >= 4 is 22.6 Å². The Bertz CT molecular complexity index is 2020. The van der Waals surface area contributed by atoms with Crippen LogP contribution in [0.5, 0.6) is 11.6 Å². The highest BCUT2D eigenvalue weighted by molar-refractivity contribution is 5.91. The molecule has 256 valence electrons. The minimum absolute atomic E-state index is 0.0160. The molecule has 0 saturated carbocycles. The highest BCUT2D eigenvalue weighted by Crippen LogP contribution is 2.28. The predicted octanol–water partition coefficient (Wildman–Crippen LogP) is 6.53. The molecule has 0 radical (unpaired) electrons. The molecule has 1 N–H and O–H groups in total. The summed E-state index contributed by atoms with van der Waals surface area (Å²) in [6, 6.07) is 10.4. The Morgan fingerprint density at radius 1 is 1.02 bits per heavy atom. The van der Waals surface area contributed by atoms with Gasteiger partial charge >= 0.3 is 5.97 Å². The first kappa shape index (κ1) is 33.7. The molecule has 1 aliphatic heterocycles. The van der Waals surface area contributed by atoms with Crippen LogP contribution in [-0.2, 0) is 31.0 Å². The van der Waals surface area contributed by atoms with Crippen molar-refractivity contribution in [1.29, 1.82) is 0 Å². The number of allylic oxidation sites excluding steroid dienone is 1. The molecule has 0 atom stereocenters. The number of aryl methyl sites for hydroxylation is 2. The van der Waals surface area contributed by atoms with Crippen molar-refractivity contribution in [3.05, 3.63) is 107 Å². The van der Waals surface area contributed by atoms with Crippen molar-refractivity contribution in [1.82, 2.24) is 29.0 Å². The SMILES string of the molecule is CCn1cncc1Cn1c(CN2CCC(Oc3ccc(F)c(COc4ccc(C)cc4F)n3)CC2)nc2c(F)cc(/C(C)=C/C(=O)O)cc21. The van der Waals surface area contributed by atoms with Crippen LogP contribution in [0.2, 0.25) is 0 Å². The lowest BCUT2D eigenvalue weighted by molar-refractivity contribution is -0.131. The number of hydrogen-bond acceptors (Lipinski definition) is 7. The topological polar surface area (TPSA) is 108 Å². The number of likely N-dealkylation sites (tertiary alicyclic amines) is 1. The molecule has 2 aromatic carbocycles. The Labute approximate surface area is 281 Å². The molecule has 1 aliphatic rings. The van der Waals surface area contributed by atoms with Crippen LogP contribution in [-0.4, -0.2) is 59.3 Å². The molecule has 10 nitrogen and oxygen atoms in total. The third-order valence-corrected chi connectivity index (χ3v) is 8.67. The van der Waals surface area contributed by atoms with Crippen LogP contribution >= 0.6 is 0 Å². The maximum Gasteiger partial charge on any atom is 0.328 e. The van der Waals surface area contributed by atoms with Crippen LogP contribution in [0.25, 0.3) is 16.6 Å². The lowest BCUT2D eigenvalue weighted by Gasteiger charge is -2.31. The number of carbonyl (C=O) groups is 1. The second-order valence-electron chi connectivity index (χ2n) is 12.2. The van der Waals surface area contributed by atoms with Gasteiger partial charge in [0.25, 0.3) is 0 Å². The Balaban J connectivity index is 1.16. The number of ether oxygens (including phenoxy) is 2. The molecule has 0 unspecified atom stereocenters. The zero-order chi connectivity index (χ0) is 34.7. The predicted molar refractivity (Wildman–Crippen MR) is 177 cm³/mol. The number of imidazole rings is 2. The molecule has 4 heterocycles. The summed E-state index contributed by atoms with van der Waals surface area (Å²) in [7, 11) is 0. The number of piperidine rings is 1. The molecule has 0 spiro atoms. The highest BCUT2D eigenvalue weighted by Gasteiger charge is 2.25. The molecule has 0 bridgehead atoms. The van der Waals surface area contributed by atoms with E-state index in [0.717, 1.165) is 17.3 Å². The van der Waals surface area contributed by atoms with Crippen LogP contribution in [0.3, 0.4) is 0 Å². The first-order valence-corrected chi connectivity index (χ1v) is 16.1. The number of fused-ring (bicyclic) bond motifs is 1. The van der Waals surface area contributed by atoms with Gasteiger partial charge in [0.15, 0.2) is 17.4 Å². The Morgan fingerprint density at radius 3 is 2.55 bits per heavy atom. The number of benzene rings is 2. The smallest absolute Gasteiger partial charge is 0.328 e. The monoisotopic (exact) mass is 674 g/mol. The number of hydrogen-bond donors (Lipinski definition) is 1. The lowest BCUT2D eigenvalue weighted by atomic mass is 10.1. The van der Waals surface area contributed by atoms with Gasteiger partial charge in [-0.25, -0.2) is 32.9 Å². The van der Waals surface area contributed by atoms with Crippen molar-refractivity contribution in [2.75, 3.05) is 13.1 Å². The van der Waals surface area contributed by atoms with Gasteiger partial charge in [-0.1, -0.05) is 6.07 Å². The summed E-state index contributed by atoms with van der Waals surface area (Å²) >= 11 is 0. The summed E-state index contributed by atoms with van der Waals surface area (Å²) in [6.45, 7) is 8.07. The van der Waals surface area contributed by atoms with E-state index >= 15 is 4.39 Å². The standard InChI is InChI=1S/C36H37F3N6O4/c1-4-44-21-40-17-25(44)18-45-31-16-24(23(3)14-35(46)47)15-29(39)36(31)42-33(45)19-43-11-9-26(10-12-43)49-34-8-6-27(37)30(41-34)20-48-32-7-5-22(2)13-28(32)38/h5-8,13-17,21,26H,4,9-12,18-20H2,1-3H3,(H,46,47)/b23-14+. The number of pyridine rings is 1. The fourth-order valence-corrected chi connectivity index (χ4v) is 6.01. The normalized spacial score (nSPS) is 14.4. The van der Waals surface area contributed by atoms with Gasteiger partial charge in [0, 0.05) is 38.0 Å². The first-order valence-electron chi connectivity index (χ1n) is 16.1.